The van der Waals surface area contributed by atoms with Crippen LogP contribution in [-0.2, 0) is 25.9 Å². The smallest absolute Gasteiger partial charge is 0.344 e. The van der Waals surface area contributed by atoms with Crippen molar-refractivity contribution in [3.8, 4) is 0 Å². The summed E-state index contributed by atoms with van der Waals surface area (Å²) < 4.78 is 55.9. The Balaban J connectivity index is 1.73. The van der Waals surface area contributed by atoms with Crippen molar-refractivity contribution >= 4 is 21.7 Å². The van der Waals surface area contributed by atoms with Crippen molar-refractivity contribution in [3.05, 3.63) is 71.3 Å². The number of hydrogen-bond acceptors (Lipinski definition) is 5. The van der Waals surface area contributed by atoms with Crippen LogP contribution in [0.25, 0.3) is 0 Å². The van der Waals surface area contributed by atoms with Crippen LogP contribution in [0.15, 0.2) is 48.5 Å². The van der Waals surface area contributed by atoms with E-state index in [1.807, 2.05) is 0 Å². The molecule has 0 aromatic heterocycles. The maximum Gasteiger partial charge on any atom is 0.344 e. The van der Waals surface area contributed by atoms with Gasteiger partial charge in [0.15, 0.2) is 16.4 Å². The molecule has 1 heterocycles. The first-order chi connectivity index (χ1) is 13.8. The Bertz CT molecular complexity index is 991. The van der Waals surface area contributed by atoms with Crippen LogP contribution in [0.2, 0.25) is 0 Å². The SMILES string of the molecule is O=C(OCC(=O)N(Cc1ccccc1)[C@@H]1CCS(=O)(=O)C1)c1c(F)cccc1F. The van der Waals surface area contributed by atoms with Crippen molar-refractivity contribution in [1.82, 2.24) is 4.90 Å². The number of rotatable bonds is 6. The van der Waals surface area contributed by atoms with Crippen molar-refractivity contribution in [2.45, 2.75) is 19.0 Å². The Morgan fingerprint density at radius 2 is 1.69 bits per heavy atom. The van der Waals surface area contributed by atoms with Gasteiger partial charge in [0.2, 0.25) is 0 Å². The van der Waals surface area contributed by atoms with Crippen molar-refractivity contribution in [2.75, 3.05) is 18.1 Å². The zero-order chi connectivity index (χ0) is 21.0. The highest BCUT2D eigenvalue weighted by molar-refractivity contribution is 7.91. The first kappa shape index (κ1) is 20.9. The molecule has 6 nitrogen and oxygen atoms in total. The number of esters is 1. The number of hydrogen-bond donors (Lipinski definition) is 0. The number of nitrogens with zero attached hydrogens (tertiary/aromatic N) is 1. The first-order valence-corrected chi connectivity index (χ1v) is 10.7. The molecule has 3 rings (SSSR count). The second-order valence-corrected chi connectivity index (χ2v) is 8.97. The summed E-state index contributed by atoms with van der Waals surface area (Å²) in [6, 6.07) is 11.3. The van der Waals surface area contributed by atoms with E-state index in [-0.39, 0.29) is 24.5 Å². The van der Waals surface area contributed by atoms with Gasteiger partial charge >= 0.3 is 5.97 Å². The fraction of sp³-hybridized carbons (Fsp3) is 0.300. The van der Waals surface area contributed by atoms with Gasteiger partial charge in [0, 0.05) is 12.6 Å². The summed E-state index contributed by atoms with van der Waals surface area (Å²) in [5.41, 5.74) is -0.102. The van der Waals surface area contributed by atoms with Crippen LogP contribution in [0.4, 0.5) is 8.78 Å². The van der Waals surface area contributed by atoms with E-state index in [0.29, 0.717) is 0 Å². The van der Waals surface area contributed by atoms with Crippen molar-refractivity contribution in [1.29, 1.82) is 0 Å². The summed E-state index contributed by atoms with van der Waals surface area (Å²) in [5, 5.41) is 0. The minimum Gasteiger partial charge on any atom is -0.452 e. The van der Waals surface area contributed by atoms with Crippen LogP contribution in [-0.4, -0.2) is 49.3 Å². The summed E-state index contributed by atoms with van der Waals surface area (Å²) in [6.07, 6.45) is 0.275. The van der Waals surface area contributed by atoms with Crippen LogP contribution in [0, 0.1) is 11.6 Å². The van der Waals surface area contributed by atoms with Crippen LogP contribution < -0.4 is 0 Å². The van der Waals surface area contributed by atoms with Crippen LogP contribution in [0.5, 0.6) is 0 Å². The summed E-state index contributed by atoms with van der Waals surface area (Å²) >= 11 is 0. The lowest BCUT2D eigenvalue weighted by atomic mass is 10.1. The zero-order valence-corrected chi connectivity index (χ0v) is 16.2. The molecule has 0 unspecified atom stereocenters. The largest absolute Gasteiger partial charge is 0.452 e. The monoisotopic (exact) mass is 423 g/mol. The van der Waals surface area contributed by atoms with E-state index in [1.54, 1.807) is 30.3 Å². The molecule has 1 atom stereocenters. The van der Waals surface area contributed by atoms with E-state index >= 15 is 0 Å². The molecule has 2 aromatic rings. The molecule has 0 saturated carbocycles. The first-order valence-electron chi connectivity index (χ1n) is 8.92. The number of halogens is 2. The third kappa shape index (κ3) is 5.17. The van der Waals surface area contributed by atoms with Crippen molar-refractivity contribution in [3.63, 3.8) is 0 Å². The van der Waals surface area contributed by atoms with Gasteiger partial charge in [-0.1, -0.05) is 36.4 Å². The summed E-state index contributed by atoms with van der Waals surface area (Å²) in [5.74, 6) is -4.33. The van der Waals surface area contributed by atoms with Gasteiger partial charge in [-0.3, -0.25) is 4.79 Å². The maximum absolute atomic E-state index is 13.7. The fourth-order valence-electron chi connectivity index (χ4n) is 3.20. The molecule has 154 valence electrons. The molecule has 29 heavy (non-hydrogen) atoms. The molecule has 0 bridgehead atoms. The van der Waals surface area contributed by atoms with Gasteiger partial charge < -0.3 is 9.64 Å². The highest BCUT2D eigenvalue weighted by atomic mass is 32.2. The summed E-state index contributed by atoms with van der Waals surface area (Å²) in [7, 11) is -3.25. The minimum absolute atomic E-state index is 0.0313. The molecule has 0 N–H and O–H groups in total. The number of ether oxygens (including phenoxy) is 1. The van der Waals surface area contributed by atoms with Gasteiger partial charge in [0.1, 0.15) is 17.2 Å². The van der Waals surface area contributed by atoms with E-state index in [1.165, 1.54) is 4.90 Å². The number of benzene rings is 2. The number of carbonyl (C=O) groups excluding carboxylic acids is 2. The quantitative estimate of drug-likeness (QED) is 0.667. The van der Waals surface area contributed by atoms with Crippen LogP contribution in [0.1, 0.15) is 22.3 Å². The van der Waals surface area contributed by atoms with E-state index in [2.05, 4.69) is 0 Å². The Kier molecular flexibility index (Phi) is 6.26. The highest BCUT2D eigenvalue weighted by Gasteiger charge is 2.35. The second-order valence-electron chi connectivity index (χ2n) is 6.74. The van der Waals surface area contributed by atoms with E-state index in [4.69, 9.17) is 4.74 Å². The lowest BCUT2D eigenvalue weighted by Gasteiger charge is -2.28. The van der Waals surface area contributed by atoms with E-state index < -0.39 is 51.6 Å². The van der Waals surface area contributed by atoms with E-state index in [9.17, 15) is 26.8 Å². The molecule has 1 aliphatic rings. The second kappa shape index (κ2) is 8.69. The van der Waals surface area contributed by atoms with Gasteiger partial charge in [0.05, 0.1) is 11.5 Å². The molecule has 0 spiro atoms. The fourth-order valence-corrected chi connectivity index (χ4v) is 4.93. The third-order valence-corrected chi connectivity index (χ3v) is 6.41. The van der Waals surface area contributed by atoms with Gasteiger partial charge in [-0.2, -0.15) is 0 Å². The Morgan fingerprint density at radius 3 is 2.28 bits per heavy atom. The standard InChI is InChI=1S/C20H19F2NO5S/c21-16-7-4-8-17(22)19(16)20(25)28-12-18(24)23(11-14-5-2-1-3-6-14)15-9-10-29(26,27)13-15/h1-8,15H,9-13H2/t15-/m1/s1. The Labute approximate surface area is 167 Å². The normalized spacial score (nSPS) is 17.7. The average Bonchev–Trinajstić information content (AvgIpc) is 3.04. The molecule has 9 heteroatoms. The van der Waals surface area contributed by atoms with Crippen LogP contribution >= 0.6 is 0 Å². The molecule has 0 radical (unpaired) electrons. The number of sulfone groups is 1. The third-order valence-electron chi connectivity index (χ3n) is 4.66. The lowest BCUT2D eigenvalue weighted by molar-refractivity contribution is -0.137. The van der Waals surface area contributed by atoms with Gasteiger partial charge in [-0.25, -0.2) is 22.0 Å². The maximum atomic E-state index is 13.7. The topological polar surface area (TPSA) is 80.8 Å². The Hall–Kier alpha value is -2.81. The average molecular weight is 423 g/mol. The van der Waals surface area contributed by atoms with Crippen molar-refractivity contribution in [2.24, 2.45) is 0 Å². The highest BCUT2D eigenvalue weighted by Crippen LogP contribution is 2.21. The van der Waals surface area contributed by atoms with Gasteiger partial charge in [-0.05, 0) is 24.1 Å². The molecular weight excluding hydrogens is 404 g/mol. The summed E-state index contributed by atoms with van der Waals surface area (Å²) in [6.45, 7) is -0.624. The number of amides is 1. The van der Waals surface area contributed by atoms with Gasteiger partial charge in [-0.15, -0.1) is 0 Å². The van der Waals surface area contributed by atoms with Crippen molar-refractivity contribution < 1.29 is 31.5 Å². The minimum atomic E-state index is -3.25. The Morgan fingerprint density at radius 1 is 1.03 bits per heavy atom. The van der Waals surface area contributed by atoms with Gasteiger partial charge in [0.25, 0.3) is 5.91 Å². The summed E-state index contributed by atoms with van der Waals surface area (Å²) in [4.78, 5) is 26.1. The molecule has 1 saturated heterocycles. The molecule has 1 fully saturated rings. The molecular formula is C20H19F2NO5S. The van der Waals surface area contributed by atoms with Crippen LogP contribution in [0.3, 0.4) is 0 Å². The molecule has 1 aliphatic heterocycles. The zero-order valence-electron chi connectivity index (χ0n) is 15.4. The van der Waals surface area contributed by atoms with E-state index in [0.717, 1.165) is 23.8 Å². The molecule has 0 aliphatic carbocycles. The lowest BCUT2D eigenvalue weighted by Crippen LogP contribution is -2.42. The molecule has 1 amide bonds. The number of carbonyl (C=O) groups is 2. The predicted octanol–water partition coefficient (Wildman–Crippen LogP) is 2.34. The predicted molar refractivity (Wildman–Crippen MR) is 101 cm³/mol. The molecule has 2 aromatic carbocycles.